The van der Waals surface area contributed by atoms with Gasteiger partial charge in [0.15, 0.2) is 5.13 Å². The summed E-state index contributed by atoms with van der Waals surface area (Å²) in [6.45, 7) is 3.34. The van der Waals surface area contributed by atoms with E-state index >= 15 is 0 Å². The molecule has 0 fully saturated rings. The summed E-state index contributed by atoms with van der Waals surface area (Å²) in [5.41, 5.74) is 1.04. The Hall–Kier alpha value is -1.95. The van der Waals surface area contributed by atoms with Crippen LogP contribution < -0.4 is 19.7 Å². The number of nitrogens with zero attached hydrogens (tertiary/aromatic N) is 2. The first-order valence-corrected chi connectivity index (χ1v) is 7.63. The molecule has 6 heteroatoms. The third-order valence-corrected chi connectivity index (χ3v) is 4.05. The van der Waals surface area contributed by atoms with Gasteiger partial charge in [0.2, 0.25) is 5.88 Å². The van der Waals surface area contributed by atoms with Gasteiger partial charge < -0.3 is 19.7 Å². The van der Waals surface area contributed by atoms with Crippen LogP contribution in [0.2, 0.25) is 0 Å². The van der Waals surface area contributed by atoms with Gasteiger partial charge in [-0.05, 0) is 31.2 Å². The Morgan fingerprint density at radius 1 is 1.24 bits per heavy atom. The molecule has 0 atom stereocenters. The van der Waals surface area contributed by atoms with Crippen LogP contribution in [0.5, 0.6) is 11.6 Å². The van der Waals surface area contributed by atoms with Crippen molar-refractivity contribution in [2.45, 2.75) is 13.5 Å². The van der Waals surface area contributed by atoms with Crippen LogP contribution in [-0.4, -0.2) is 32.8 Å². The van der Waals surface area contributed by atoms with E-state index in [9.17, 15) is 0 Å². The summed E-state index contributed by atoms with van der Waals surface area (Å²) in [6.07, 6.45) is 0. The van der Waals surface area contributed by atoms with Gasteiger partial charge in [-0.1, -0.05) is 11.3 Å². The van der Waals surface area contributed by atoms with Crippen LogP contribution in [0, 0.1) is 0 Å². The van der Waals surface area contributed by atoms with E-state index in [1.165, 1.54) is 0 Å². The molecular weight excluding hydrogens is 286 g/mol. The summed E-state index contributed by atoms with van der Waals surface area (Å²) >= 11 is 1.63. The van der Waals surface area contributed by atoms with Gasteiger partial charge in [0.25, 0.3) is 0 Å². The molecule has 1 aromatic heterocycles. The Morgan fingerprint density at radius 2 is 1.95 bits per heavy atom. The van der Waals surface area contributed by atoms with E-state index in [0.29, 0.717) is 19.0 Å². The predicted octanol–water partition coefficient (Wildman–Crippen LogP) is 3.23. The monoisotopic (exact) mass is 307 g/mol. The fourth-order valence-electron chi connectivity index (χ4n) is 1.81. The van der Waals surface area contributed by atoms with Crippen LogP contribution in [0.1, 0.15) is 11.8 Å². The maximum absolute atomic E-state index is 5.43. The maximum Gasteiger partial charge on any atom is 0.231 e. The lowest BCUT2D eigenvalue weighted by molar-refractivity contribution is 0.340. The number of ether oxygens (including phenoxy) is 2. The molecule has 0 aliphatic rings. The van der Waals surface area contributed by atoms with Crippen LogP contribution in [-0.2, 0) is 6.54 Å². The van der Waals surface area contributed by atoms with E-state index in [2.05, 4.69) is 10.3 Å². The molecule has 2 aromatic rings. The first-order chi connectivity index (χ1) is 10.1. The molecule has 0 radical (unpaired) electrons. The van der Waals surface area contributed by atoms with Crippen LogP contribution in [0.25, 0.3) is 0 Å². The van der Waals surface area contributed by atoms with E-state index in [4.69, 9.17) is 9.47 Å². The minimum Gasteiger partial charge on any atom is -0.494 e. The molecule has 0 saturated carbocycles. The molecule has 0 bridgehead atoms. The fourth-order valence-corrected chi connectivity index (χ4v) is 2.70. The summed E-state index contributed by atoms with van der Waals surface area (Å²) < 4.78 is 10.8. The van der Waals surface area contributed by atoms with Crippen molar-refractivity contribution < 1.29 is 9.47 Å². The van der Waals surface area contributed by atoms with Crippen molar-refractivity contribution >= 4 is 22.2 Å². The third-order valence-electron chi connectivity index (χ3n) is 2.84. The Morgan fingerprint density at radius 3 is 2.52 bits per heavy atom. The number of rotatable bonds is 7. The van der Waals surface area contributed by atoms with Crippen molar-refractivity contribution in [2.75, 3.05) is 38.0 Å². The summed E-state index contributed by atoms with van der Waals surface area (Å²) in [5, 5.41) is 4.31. The van der Waals surface area contributed by atoms with Gasteiger partial charge in [0.1, 0.15) is 5.75 Å². The molecule has 1 aromatic carbocycles. The van der Waals surface area contributed by atoms with E-state index in [-0.39, 0.29) is 0 Å². The van der Waals surface area contributed by atoms with Crippen molar-refractivity contribution in [1.82, 2.24) is 4.98 Å². The van der Waals surface area contributed by atoms with E-state index in [1.807, 2.05) is 50.2 Å². The van der Waals surface area contributed by atoms with Gasteiger partial charge in [-0.15, -0.1) is 0 Å². The second-order valence-electron chi connectivity index (χ2n) is 4.63. The number of nitrogens with one attached hydrogen (secondary N) is 1. The molecule has 114 valence electrons. The van der Waals surface area contributed by atoms with E-state index in [0.717, 1.165) is 21.4 Å². The van der Waals surface area contributed by atoms with Gasteiger partial charge in [-0.25, -0.2) is 0 Å². The minimum atomic E-state index is 0.679. The molecule has 0 saturated heterocycles. The Kier molecular flexibility index (Phi) is 5.27. The lowest BCUT2D eigenvalue weighted by Gasteiger charge is -2.07. The van der Waals surface area contributed by atoms with E-state index in [1.54, 1.807) is 18.4 Å². The highest BCUT2D eigenvalue weighted by atomic mass is 32.1. The molecule has 0 amide bonds. The van der Waals surface area contributed by atoms with Crippen molar-refractivity contribution in [2.24, 2.45) is 0 Å². The molecule has 0 unspecified atom stereocenters. The molecule has 0 aliphatic heterocycles. The molecule has 0 spiro atoms. The number of benzene rings is 1. The average Bonchev–Trinajstić information content (AvgIpc) is 2.90. The van der Waals surface area contributed by atoms with E-state index < -0.39 is 0 Å². The first kappa shape index (κ1) is 15.4. The SMILES string of the molecule is CCOc1ccc(NCc2sc(N(C)C)nc2OC)cc1. The highest BCUT2D eigenvalue weighted by Gasteiger charge is 2.12. The molecule has 1 N–H and O–H groups in total. The number of methoxy groups -OCH3 is 1. The number of aromatic nitrogens is 1. The van der Waals surface area contributed by atoms with Gasteiger partial charge in [-0.2, -0.15) is 4.98 Å². The Balaban J connectivity index is 2.02. The number of hydrogen-bond acceptors (Lipinski definition) is 6. The van der Waals surface area contributed by atoms with Gasteiger partial charge in [0.05, 0.1) is 25.1 Å². The minimum absolute atomic E-state index is 0.679. The predicted molar refractivity (Wildman–Crippen MR) is 87.9 cm³/mol. The second-order valence-corrected chi connectivity index (χ2v) is 5.70. The van der Waals surface area contributed by atoms with Crippen LogP contribution in [0.3, 0.4) is 0 Å². The van der Waals surface area contributed by atoms with Gasteiger partial charge in [-0.3, -0.25) is 0 Å². The number of anilines is 2. The maximum atomic E-state index is 5.43. The largest absolute Gasteiger partial charge is 0.494 e. The van der Waals surface area contributed by atoms with Crippen molar-refractivity contribution in [3.63, 3.8) is 0 Å². The fraction of sp³-hybridized carbons (Fsp3) is 0.400. The number of thiazole rings is 1. The average molecular weight is 307 g/mol. The molecule has 2 rings (SSSR count). The lowest BCUT2D eigenvalue weighted by Crippen LogP contribution is -2.07. The quantitative estimate of drug-likeness (QED) is 0.851. The molecule has 21 heavy (non-hydrogen) atoms. The van der Waals surface area contributed by atoms with Crippen molar-refractivity contribution in [3.05, 3.63) is 29.1 Å². The summed E-state index contributed by atoms with van der Waals surface area (Å²) in [4.78, 5) is 7.50. The standard InChI is InChI=1S/C15H21N3O2S/c1-5-20-12-8-6-11(7-9-12)16-10-13-14(19-4)17-15(21-13)18(2)3/h6-9,16H,5,10H2,1-4H3. The normalized spacial score (nSPS) is 10.3. The van der Waals surface area contributed by atoms with Gasteiger partial charge >= 0.3 is 0 Å². The van der Waals surface area contributed by atoms with Crippen LogP contribution in [0.15, 0.2) is 24.3 Å². The topological polar surface area (TPSA) is 46.6 Å². The summed E-state index contributed by atoms with van der Waals surface area (Å²) in [6, 6.07) is 7.93. The zero-order valence-electron chi connectivity index (χ0n) is 12.8. The third kappa shape index (κ3) is 4.01. The highest BCUT2D eigenvalue weighted by molar-refractivity contribution is 7.15. The lowest BCUT2D eigenvalue weighted by atomic mass is 10.3. The zero-order valence-corrected chi connectivity index (χ0v) is 13.7. The first-order valence-electron chi connectivity index (χ1n) is 6.81. The Bertz CT molecular complexity index is 567. The molecule has 0 aliphatic carbocycles. The van der Waals surface area contributed by atoms with Crippen LogP contribution in [0.4, 0.5) is 10.8 Å². The van der Waals surface area contributed by atoms with Gasteiger partial charge in [0, 0.05) is 19.8 Å². The molecule has 1 heterocycles. The van der Waals surface area contributed by atoms with Crippen LogP contribution >= 0.6 is 11.3 Å². The van der Waals surface area contributed by atoms with Crippen molar-refractivity contribution in [3.8, 4) is 11.6 Å². The highest BCUT2D eigenvalue weighted by Crippen LogP contribution is 2.31. The zero-order chi connectivity index (χ0) is 15.2. The second kappa shape index (κ2) is 7.17. The summed E-state index contributed by atoms with van der Waals surface area (Å²) in [7, 11) is 5.60. The summed E-state index contributed by atoms with van der Waals surface area (Å²) in [5.74, 6) is 1.57. The van der Waals surface area contributed by atoms with Crippen molar-refractivity contribution in [1.29, 1.82) is 0 Å². The Labute approximate surface area is 129 Å². The smallest absolute Gasteiger partial charge is 0.231 e. The molecule has 5 nitrogen and oxygen atoms in total. The number of hydrogen-bond donors (Lipinski definition) is 1. The molecular formula is C15H21N3O2S.